The minimum absolute atomic E-state index is 0.138. The third-order valence-electron chi connectivity index (χ3n) is 2.96. The summed E-state index contributed by atoms with van der Waals surface area (Å²) < 4.78 is 13.5. The van der Waals surface area contributed by atoms with Crippen molar-refractivity contribution in [3.05, 3.63) is 66.0 Å². The van der Waals surface area contributed by atoms with Gasteiger partial charge in [-0.15, -0.1) is 0 Å². The maximum absolute atomic E-state index is 13.5. The first kappa shape index (κ1) is 9.40. The molecule has 0 N–H and O–H groups in total. The summed E-state index contributed by atoms with van der Waals surface area (Å²) in [6, 6.07) is 17.5. The van der Waals surface area contributed by atoms with Gasteiger partial charge in [0.2, 0.25) is 0 Å². The standard InChI is InChI=1S/C14H12FN/c15-12-8-4-5-9-13(12)16-10-14(16)11-6-2-1-3-7-11/h1-9,14H,10H2. The Labute approximate surface area is 94.1 Å². The second kappa shape index (κ2) is 3.63. The van der Waals surface area contributed by atoms with Crippen molar-refractivity contribution in [3.63, 3.8) is 0 Å². The topological polar surface area (TPSA) is 3.01 Å². The van der Waals surface area contributed by atoms with Crippen LogP contribution in [0.4, 0.5) is 10.1 Å². The van der Waals surface area contributed by atoms with Crippen LogP contribution < -0.4 is 4.90 Å². The molecule has 16 heavy (non-hydrogen) atoms. The van der Waals surface area contributed by atoms with Crippen LogP contribution in [0.15, 0.2) is 54.6 Å². The van der Waals surface area contributed by atoms with Gasteiger partial charge < -0.3 is 4.90 Å². The fourth-order valence-electron chi connectivity index (χ4n) is 2.05. The number of nitrogens with zero attached hydrogens (tertiary/aromatic N) is 1. The largest absolute Gasteiger partial charge is 0.358 e. The quantitative estimate of drug-likeness (QED) is 0.691. The van der Waals surface area contributed by atoms with E-state index in [4.69, 9.17) is 0 Å². The van der Waals surface area contributed by atoms with E-state index in [2.05, 4.69) is 17.0 Å². The Hall–Kier alpha value is -1.83. The highest BCUT2D eigenvalue weighted by molar-refractivity contribution is 5.57. The van der Waals surface area contributed by atoms with Gasteiger partial charge in [-0.3, -0.25) is 0 Å². The predicted octanol–water partition coefficient (Wildman–Crippen LogP) is 3.39. The molecule has 2 aromatic carbocycles. The Morgan fingerprint density at radius 3 is 2.38 bits per heavy atom. The number of rotatable bonds is 2. The molecule has 0 aliphatic carbocycles. The second-order valence-corrected chi connectivity index (χ2v) is 4.03. The summed E-state index contributed by atoms with van der Waals surface area (Å²) >= 11 is 0. The summed E-state index contributed by atoms with van der Waals surface area (Å²) in [6.45, 7) is 0.908. The Bertz CT molecular complexity index is 495. The van der Waals surface area contributed by atoms with Crippen molar-refractivity contribution in [1.29, 1.82) is 0 Å². The fraction of sp³-hybridized carbons (Fsp3) is 0.143. The third-order valence-corrected chi connectivity index (χ3v) is 2.96. The Morgan fingerprint density at radius 1 is 0.938 bits per heavy atom. The van der Waals surface area contributed by atoms with Gasteiger partial charge in [0.1, 0.15) is 5.82 Å². The van der Waals surface area contributed by atoms with Crippen molar-refractivity contribution < 1.29 is 4.39 Å². The molecular formula is C14H12FN. The van der Waals surface area contributed by atoms with Gasteiger partial charge >= 0.3 is 0 Å². The van der Waals surface area contributed by atoms with Crippen molar-refractivity contribution in [1.82, 2.24) is 0 Å². The average Bonchev–Trinajstić information content (AvgIpc) is 3.11. The summed E-state index contributed by atoms with van der Waals surface area (Å²) in [5.74, 6) is -0.138. The highest BCUT2D eigenvalue weighted by Gasteiger charge is 2.36. The lowest BCUT2D eigenvalue weighted by molar-refractivity contribution is 0.628. The zero-order chi connectivity index (χ0) is 11.0. The average molecular weight is 213 g/mol. The summed E-state index contributed by atoms with van der Waals surface area (Å²) in [5.41, 5.74) is 1.96. The summed E-state index contributed by atoms with van der Waals surface area (Å²) in [5, 5.41) is 0. The lowest BCUT2D eigenvalue weighted by atomic mass is 10.2. The van der Waals surface area contributed by atoms with E-state index in [0.717, 1.165) is 6.54 Å². The molecule has 3 rings (SSSR count). The highest BCUT2D eigenvalue weighted by atomic mass is 19.1. The molecule has 1 fully saturated rings. The van der Waals surface area contributed by atoms with Crippen LogP contribution in [0.3, 0.4) is 0 Å². The van der Waals surface area contributed by atoms with Crippen molar-refractivity contribution in [2.24, 2.45) is 0 Å². The van der Waals surface area contributed by atoms with Gasteiger partial charge in [0.25, 0.3) is 0 Å². The van der Waals surface area contributed by atoms with E-state index in [-0.39, 0.29) is 5.82 Å². The van der Waals surface area contributed by atoms with Crippen LogP contribution in [0.1, 0.15) is 11.6 Å². The van der Waals surface area contributed by atoms with Crippen LogP contribution in [0.5, 0.6) is 0 Å². The first-order valence-corrected chi connectivity index (χ1v) is 5.42. The van der Waals surface area contributed by atoms with Crippen molar-refractivity contribution in [3.8, 4) is 0 Å². The molecule has 1 nitrogen and oxygen atoms in total. The lowest BCUT2D eigenvalue weighted by Gasteiger charge is -2.06. The molecule has 80 valence electrons. The molecule has 0 radical (unpaired) electrons. The van der Waals surface area contributed by atoms with Gasteiger partial charge in [-0.1, -0.05) is 42.5 Å². The monoisotopic (exact) mass is 213 g/mol. The van der Waals surface area contributed by atoms with Gasteiger partial charge in [0.15, 0.2) is 0 Å². The number of anilines is 1. The van der Waals surface area contributed by atoms with Gasteiger partial charge in [-0.05, 0) is 17.7 Å². The lowest BCUT2D eigenvalue weighted by Crippen LogP contribution is -1.96. The number of halogens is 1. The van der Waals surface area contributed by atoms with Crippen LogP contribution in [-0.4, -0.2) is 6.54 Å². The smallest absolute Gasteiger partial charge is 0.146 e. The van der Waals surface area contributed by atoms with Crippen LogP contribution >= 0.6 is 0 Å². The highest BCUT2D eigenvalue weighted by Crippen LogP contribution is 2.40. The third kappa shape index (κ3) is 1.56. The molecule has 1 atom stereocenters. The number of para-hydroxylation sites is 1. The van der Waals surface area contributed by atoms with Crippen LogP contribution in [0.25, 0.3) is 0 Å². The molecule has 1 heterocycles. The number of hydrogen-bond donors (Lipinski definition) is 0. The molecule has 0 aromatic heterocycles. The molecule has 1 aliphatic heterocycles. The Morgan fingerprint density at radius 2 is 1.62 bits per heavy atom. The Kier molecular flexibility index (Phi) is 2.13. The molecule has 0 amide bonds. The molecule has 2 heteroatoms. The molecule has 1 saturated heterocycles. The maximum Gasteiger partial charge on any atom is 0.146 e. The molecule has 1 unspecified atom stereocenters. The summed E-state index contributed by atoms with van der Waals surface area (Å²) in [4.78, 5) is 2.07. The second-order valence-electron chi connectivity index (χ2n) is 4.03. The summed E-state index contributed by atoms with van der Waals surface area (Å²) in [7, 11) is 0. The van der Waals surface area contributed by atoms with E-state index in [1.54, 1.807) is 6.07 Å². The predicted molar refractivity (Wildman–Crippen MR) is 62.9 cm³/mol. The SMILES string of the molecule is Fc1ccccc1N1CC1c1ccccc1. The van der Waals surface area contributed by atoms with E-state index in [9.17, 15) is 4.39 Å². The maximum atomic E-state index is 13.5. The van der Waals surface area contributed by atoms with Gasteiger partial charge in [0.05, 0.1) is 11.7 Å². The van der Waals surface area contributed by atoms with E-state index in [1.807, 2.05) is 30.3 Å². The van der Waals surface area contributed by atoms with Crippen LogP contribution in [0, 0.1) is 5.82 Å². The van der Waals surface area contributed by atoms with Crippen molar-refractivity contribution >= 4 is 5.69 Å². The van der Waals surface area contributed by atoms with E-state index in [0.29, 0.717) is 11.7 Å². The first-order valence-electron chi connectivity index (χ1n) is 5.42. The Balaban J connectivity index is 1.85. The molecule has 0 spiro atoms. The van der Waals surface area contributed by atoms with E-state index < -0.39 is 0 Å². The van der Waals surface area contributed by atoms with Gasteiger partial charge in [-0.25, -0.2) is 4.39 Å². The van der Waals surface area contributed by atoms with E-state index in [1.165, 1.54) is 11.6 Å². The summed E-state index contributed by atoms with van der Waals surface area (Å²) in [6.07, 6.45) is 0. The molecular weight excluding hydrogens is 201 g/mol. The minimum Gasteiger partial charge on any atom is -0.358 e. The van der Waals surface area contributed by atoms with E-state index >= 15 is 0 Å². The van der Waals surface area contributed by atoms with Crippen LogP contribution in [0.2, 0.25) is 0 Å². The molecule has 0 saturated carbocycles. The fourth-order valence-corrected chi connectivity index (χ4v) is 2.05. The van der Waals surface area contributed by atoms with Crippen molar-refractivity contribution in [2.45, 2.75) is 6.04 Å². The van der Waals surface area contributed by atoms with Crippen LogP contribution in [-0.2, 0) is 0 Å². The number of hydrogen-bond acceptors (Lipinski definition) is 1. The van der Waals surface area contributed by atoms with Gasteiger partial charge in [-0.2, -0.15) is 0 Å². The molecule has 2 aromatic rings. The van der Waals surface area contributed by atoms with Gasteiger partial charge in [0, 0.05) is 6.54 Å². The number of benzene rings is 2. The van der Waals surface area contributed by atoms with Crippen molar-refractivity contribution in [2.75, 3.05) is 11.4 Å². The first-order chi connectivity index (χ1) is 7.86. The molecule has 1 aliphatic rings. The zero-order valence-corrected chi connectivity index (χ0v) is 8.81. The minimum atomic E-state index is -0.138. The zero-order valence-electron chi connectivity index (χ0n) is 8.81. The normalized spacial score (nSPS) is 18.6. The molecule has 0 bridgehead atoms.